The van der Waals surface area contributed by atoms with Gasteiger partial charge >= 0.3 is 5.97 Å². The van der Waals surface area contributed by atoms with Gasteiger partial charge in [0.05, 0.1) is 18.4 Å². The van der Waals surface area contributed by atoms with Crippen molar-refractivity contribution in [1.82, 2.24) is 0 Å². The summed E-state index contributed by atoms with van der Waals surface area (Å²) in [6.45, 7) is 0. The number of ether oxygens (including phenoxy) is 1. The molecule has 0 spiro atoms. The largest absolute Gasteiger partial charge is 0.465 e. The highest BCUT2D eigenvalue weighted by molar-refractivity contribution is 7.10. The minimum absolute atomic E-state index is 0.209. The monoisotopic (exact) mass is 301 g/mol. The summed E-state index contributed by atoms with van der Waals surface area (Å²) in [6.07, 6.45) is 3.24. The standard InChI is InChI=1S/C16H15NO3S/c1-17(15(18)10-9-12-6-5-11-21-12)14-8-4-3-7-13(14)16(19)20-2/h3-11H,1-2H3/b10-9+. The summed E-state index contributed by atoms with van der Waals surface area (Å²) in [4.78, 5) is 26.3. The number of hydrogen-bond donors (Lipinski definition) is 0. The lowest BCUT2D eigenvalue weighted by Gasteiger charge is -2.18. The van der Waals surface area contributed by atoms with Crippen LogP contribution in [0.25, 0.3) is 6.08 Å². The highest BCUT2D eigenvalue weighted by Gasteiger charge is 2.17. The second-order valence-corrected chi connectivity index (χ2v) is 5.23. The molecular formula is C16H15NO3S. The molecule has 0 aliphatic carbocycles. The Kier molecular flexibility index (Phi) is 4.90. The fraction of sp³-hybridized carbons (Fsp3) is 0.125. The molecule has 0 saturated heterocycles. The van der Waals surface area contributed by atoms with Crippen LogP contribution in [0.2, 0.25) is 0 Å². The van der Waals surface area contributed by atoms with Crippen molar-refractivity contribution in [3.63, 3.8) is 0 Å². The SMILES string of the molecule is COC(=O)c1ccccc1N(C)C(=O)/C=C/c1cccs1. The first-order valence-electron chi connectivity index (χ1n) is 6.30. The molecule has 108 valence electrons. The molecule has 1 aromatic heterocycles. The van der Waals surface area contributed by atoms with Gasteiger partial charge in [0.2, 0.25) is 0 Å². The zero-order valence-corrected chi connectivity index (χ0v) is 12.6. The van der Waals surface area contributed by atoms with Gasteiger partial charge < -0.3 is 9.64 Å². The minimum atomic E-state index is -0.465. The summed E-state index contributed by atoms with van der Waals surface area (Å²) < 4.78 is 4.73. The van der Waals surface area contributed by atoms with E-state index in [1.165, 1.54) is 18.1 Å². The number of methoxy groups -OCH3 is 1. The number of para-hydroxylation sites is 1. The summed E-state index contributed by atoms with van der Waals surface area (Å²) >= 11 is 1.55. The number of likely N-dealkylation sites (N-methyl/N-ethyl adjacent to an activating group) is 1. The van der Waals surface area contributed by atoms with Crippen LogP contribution < -0.4 is 4.90 Å². The van der Waals surface area contributed by atoms with Gasteiger partial charge in [0, 0.05) is 18.0 Å². The molecule has 5 heteroatoms. The van der Waals surface area contributed by atoms with Crippen LogP contribution in [0.3, 0.4) is 0 Å². The van der Waals surface area contributed by atoms with Crippen molar-refractivity contribution in [1.29, 1.82) is 0 Å². The van der Waals surface area contributed by atoms with E-state index in [2.05, 4.69) is 0 Å². The van der Waals surface area contributed by atoms with Gasteiger partial charge in [-0.2, -0.15) is 0 Å². The lowest BCUT2D eigenvalue weighted by atomic mass is 10.1. The van der Waals surface area contributed by atoms with E-state index in [0.29, 0.717) is 11.3 Å². The Morgan fingerprint density at radius 3 is 2.62 bits per heavy atom. The Hall–Kier alpha value is -2.40. The van der Waals surface area contributed by atoms with E-state index in [4.69, 9.17) is 4.74 Å². The predicted molar refractivity (Wildman–Crippen MR) is 84.5 cm³/mol. The molecule has 0 radical (unpaired) electrons. The topological polar surface area (TPSA) is 46.6 Å². The fourth-order valence-electron chi connectivity index (χ4n) is 1.82. The minimum Gasteiger partial charge on any atom is -0.465 e. The average molecular weight is 301 g/mol. The van der Waals surface area contributed by atoms with Gasteiger partial charge in [-0.05, 0) is 29.7 Å². The lowest BCUT2D eigenvalue weighted by Crippen LogP contribution is -2.26. The third-order valence-electron chi connectivity index (χ3n) is 2.93. The first-order valence-corrected chi connectivity index (χ1v) is 7.18. The van der Waals surface area contributed by atoms with Crippen LogP contribution in [0.5, 0.6) is 0 Å². The number of anilines is 1. The average Bonchev–Trinajstić information content (AvgIpc) is 3.04. The van der Waals surface area contributed by atoms with Gasteiger partial charge in [-0.15, -0.1) is 11.3 Å². The van der Waals surface area contributed by atoms with Crippen LogP contribution >= 0.6 is 11.3 Å². The molecule has 1 aromatic carbocycles. The highest BCUT2D eigenvalue weighted by atomic mass is 32.1. The van der Waals surface area contributed by atoms with Crippen LogP contribution in [0, 0.1) is 0 Å². The number of rotatable bonds is 4. The summed E-state index contributed by atoms with van der Waals surface area (Å²) in [5, 5.41) is 1.94. The van der Waals surface area contributed by atoms with E-state index in [1.54, 1.807) is 48.7 Å². The van der Waals surface area contributed by atoms with Gasteiger partial charge in [0.1, 0.15) is 0 Å². The molecule has 0 fully saturated rings. The van der Waals surface area contributed by atoms with Gasteiger partial charge in [0.15, 0.2) is 0 Å². The molecule has 0 saturated carbocycles. The zero-order chi connectivity index (χ0) is 15.2. The van der Waals surface area contributed by atoms with Crippen molar-refractivity contribution in [3.8, 4) is 0 Å². The lowest BCUT2D eigenvalue weighted by molar-refractivity contribution is -0.113. The molecule has 0 unspecified atom stereocenters. The third kappa shape index (κ3) is 3.58. The van der Waals surface area contributed by atoms with Crippen LogP contribution in [0.15, 0.2) is 47.9 Å². The molecule has 2 rings (SSSR count). The number of nitrogens with zero attached hydrogens (tertiary/aromatic N) is 1. The van der Waals surface area contributed by atoms with Crippen LogP contribution in [-0.2, 0) is 9.53 Å². The van der Waals surface area contributed by atoms with Crippen LogP contribution in [0.1, 0.15) is 15.2 Å². The molecule has 21 heavy (non-hydrogen) atoms. The Labute approximate surface area is 127 Å². The molecule has 0 atom stereocenters. The smallest absolute Gasteiger partial charge is 0.339 e. The predicted octanol–water partition coefficient (Wildman–Crippen LogP) is 3.21. The molecule has 0 aliphatic rings. The Bertz CT molecular complexity index is 662. The number of hydrogen-bond acceptors (Lipinski definition) is 4. The summed E-state index contributed by atoms with van der Waals surface area (Å²) in [6, 6.07) is 10.7. The maximum Gasteiger partial charge on any atom is 0.339 e. The maximum absolute atomic E-state index is 12.2. The van der Waals surface area contributed by atoms with Crippen molar-refractivity contribution in [2.24, 2.45) is 0 Å². The Morgan fingerprint density at radius 1 is 1.19 bits per heavy atom. The number of carbonyl (C=O) groups is 2. The number of amides is 1. The van der Waals surface area contributed by atoms with Gasteiger partial charge in [-0.1, -0.05) is 18.2 Å². The molecule has 1 amide bonds. The molecule has 2 aromatic rings. The maximum atomic E-state index is 12.2. The third-order valence-corrected chi connectivity index (χ3v) is 3.77. The van der Waals surface area contributed by atoms with Crippen molar-refractivity contribution >= 4 is 35.0 Å². The normalized spacial score (nSPS) is 10.6. The van der Waals surface area contributed by atoms with E-state index in [9.17, 15) is 9.59 Å². The van der Waals surface area contributed by atoms with Crippen molar-refractivity contribution in [3.05, 3.63) is 58.3 Å². The quantitative estimate of drug-likeness (QED) is 0.643. The highest BCUT2D eigenvalue weighted by Crippen LogP contribution is 2.20. The van der Waals surface area contributed by atoms with Gasteiger partial charge in [-0.25, -0.2) is 4.79 Å². The molecular weight excluding hydrogens is 286 g/mol. The number of benzene rings is 1. The number of thiophene rings is 1. The Morgan fingerprint density at radius 2 is 1.95 bits per heavy atom. The second kappa shape index (κ2) is 6.85. The van der Waals surface area contributed by atoms with Crippen molar-refractivity contribution in [2.75, 3.05) is 19.1 Å². The molecule has 1 heterocycles. The van der Waals surface area contributed by atoms with E-state index in [-0.39, 0.29) is 5.91 Å². The number of carbonyl (C=O) groups excluding carboxylic acids is 2. The van der Waals surface area contributed by atoms with Crippen LogP contribution in [0.4, 0.5) is 5.69 Å². The fourth-order valence-corrected chi connectivity index (χ4v) is 2.44. The van der Waals surface area contributed by atoms with E-state index >= 15 is 0 Å². The summed E-state index contributed by atoms with van der Waals surface area (Å²) in [7, 11) is 2.94. The second-order valence-electron chi connectivity index (χ2n) is 4.25. The Balaban J connectivity index is 2.21. The van der Waals surface area contributed by atoms with Gasteiger partial charge in [-0.3, -0.25) is 4.79 Å². The van der Waals surface area contributed by atoms with Gasteiger partial charge in [0.25, 0.3) is 5.91 Å². The first-order chi connectivity index (χ1) is 10.1. The number of esters is 1. The van der Waals surface area contributed by atoms with E-state index in [0.717, 1.165) is 4.88 Å². The molecule has 0 N–H and O–H groups in total. The summed E-state index contributed by atoms with van der Waals surface area (Å²) in [5.74, 6) is -0.674. The van der Waals surface area contributed by atoms with Crippen molar-refractivity contribution in [2.45, 2.75) is 0 Å². The van der Waals surface area contributed by atoms with Crippen molar-refractivity contribution < 1.29 is 14.3 Å². The van der Waals surface area contributed by atoms with E-state index < -0.39 is 5.97 Å². The van der Waals surface area contributed by atoms with E-state index in [1.807, 2.05) is 17.5 Å². The summed E-state index contributed by atoms with van der Waals surface area (Å²) in [5.41, 5.74) is 0.880. The molecule has 0 bridgehead atoms. The first kappa shape index (κ1) is 15.0. The molecule has 0 aliphatic heterocycles. The zero-order valence-electron chi connectivity index (χ0n) is 11.8. The van der Waals surface area contributed by atoms with Crippen LogP contribution in [-0.4, -0.2) is 26.0 Å². The molecule has 4 nitrogen and oxygen atoms in total.